The molecule has 3 rings (SSSR count). The van der Waals surface area contributed by atoms with Gasteiger partial charge in [-0.3, -0.25) is 4.79 Å². The molecular weight excluding hydrogens is 468 g/mol. The normalized spacial score (nSPS) is 15.0. The maximum Gasteiger partial charge on any atom is 0.338 e. The van der Waals surface area contributed by atoms with Crippen molar-refractivity contribution in [2.24, 2.45) is 0 Å². The highest BCUT2D eigenvalue weighted by atomic mass is 35.5. The van der Waals surface area contributed by atoms with Crippen LogP contribution in [0.25, 0.3) is 0 Å². The molecule has 8 nitrogen and oxygen atoms in total. The van der Waals surface area contributed by atoms with Gasteiger partial charge in [0.25, 0.3) is 5.91 Å². The van der Waals surface area contributed by atoms with Crippen molar-refractivity contribution >= 4 is 39.2 Å². The van der Waals surface area contributed by atoms with Crippen LogP contribution in [0.1, 0.15) is 41.6 Å². The molecule has 10 heteroatoms. The minimum atomic E-state index is -3.70. The topological polar surface area (TPSA) is 102 Å². The summed E-state index contributed by atoms with van der Waals surface area (Å²) in [6.45, 7) is 0.813. The third-order valence-corrected chi connectivity index (χ3v) is 7.47. The number of sulfonamides is 1. The van der Waals surface area contributed by atoms with E-state index in [9.17, 15) is 18.0 Å². The van der Waals surface area contributed by atoms with Gasteiger partial charge in [0.15, 0.2) is 6.61 Å². The lowest BCUT2D eigenvalue weighted by atomic mass is 10.1. The van der Waals surface area contributed by atoms with Gasteiger partial charge in [-0.1, -0.05) is 36.6 Å². The highest BCUT2D eigenvalue weighted by molar-refractivity contribution is 7.89. The standard InChI is InChI=1S/C23H27ClN2O6S/c1-31-15-17-6-8-18(9-7-17)23(28)32-16-22(27)25-21-14-19(10-11-20(21)24)33(29,30)26-12-4-2-3-5-13-26/h6-11,14H,2-5,12-13,15-16H2,1H3,(H,25,27). The SMILES string of the molecule is COCc1ccc(C(=O)OCC(=O)Nc2cc(S(=O)(=O)N3CCCCCC3)ccc2Cl)cc1. The lowest BCUT2D eigenvalue weighted by Gasteiger charge is -2.20. The van der Waals surface area contributed by atoms with Crippen LogP contribution < -0.4 is 5.32 Å². The molecule has 0 bridgehead atoms. The Morgan fingerprint density at radius 1 is 1.03 bits per heavy atom. The number of nitrogens with one attached hydrogen (secondary N) is 1. The molecule has 0 spiro atoms. The Kier molecular flexibility index (Phi) is 8.85. The zero-order valence-corrected chi connectivity index (χ0v) is 20.0. The summed E-state index contributed by atoms with van der Waals surface area (Å²) in [7, 11) is -2.12. The first-order chi connectivity index (χ1) is 15.8. The Morgan fingerprint density at radius 2 is 1.70 bits per heavy atom. The summed E-state index contributed by atoms with van der Waals surface area (Å²) >= 11 is 6.16. The zero-order chi connectivity index (χ0) is 23.8. The molecule has 2 aromatic rings. The number of rotatable bonds is 8. The van der Waals surface area contributed by atoms with Crippen LogP contribution >= 0.6 is 11.6 Å². The molecule has 1 N–H and O–H groups in total. The highest BCUT2D eigenvalue weighted by Gasteiger charge is 2.26. The maximum absolute atomic E-state index is 13.0. The molecule has 0 aliphatic carbocycles. The van der Waals surface area contributed by atoms with Crippen molar-refractivity contribution in [3.05, 3.63) is 58.6 Å². The monoisotopic (exact) mass is 494 g/mol. The molecular formula is C23H27ClN2O6S. The lowest BCUT2D eigenvalue weighted by molar-refractivity contribution is -0.119. The molecule has 0 aromatic heterocycles. The largest absolute Gasteiger partial charge is 0.452 e. The number of ether oxygens (including phenoxy) is 2. The van der Waals surface area contributed by atoms with Gasteiger partial charge in [0.05, 0.1) is 27.8 Å². The van der Waals surface area contributed by atoms with E-state index < -0.39 is 28.5 Å². The van der Waals surface area contributed by atoms with Crippen LogP contribution in [0.4, 0.5) is 5.69 Å². The molecule has 1 fully saturated rings. The van der Waals surface area contributed by atoms with Crippen molar-refractivity contribution in [3.63, 3.8) is 0 Å². The third kappa shape index (κ3) is 6.77. The Balaban J connectivity index is 1.63. The van der Waals surface area contributed by atoms with Gasteiger partial charge in [-0.15, -0.1) is 0 Å². The number of hydrogen-bond donors (Lipinski definition) is 1. The molecule has 1 amide bonds. The van der Waals surface area contributed by atoms with Crippen molar-refractivity contribution in [1.29, 1.82) is 0 Å². The van der Waals surface area contributed by atoms with Crippen LogP contribution in [0.3, 0.4) is 0 Å². The van der Waals surface area contributed by atoms with Crippen molar-refractivity contribution < 1.29 is 27.5 Å². The van der Waals surface area contributed by atoms with Gasteiger partial charge in [0.2, 0.25) is 10.0 Å². The van der Waals surface area contributed by atoms with E-state index in [1.165, 1.54) is 22.5 Å². The summed E-state index contributed by atoms with van der Waals surface area (Å²) in [6, 6.07) is 10.8. The minimum Gasteiger partial charge on any atom is -0.452 e. The molecule has 2 aromatic carbocycles. The highest BCUT2D eigenvalue weighted by Crippen LogP contribution is 2.28. The first kappa shape index (κ1) is 25.2. The number of carbonyl (C=O) groups is 2. The van der Waals surface area contributed by atoms with Crippen LogP contribution in [0.2, 0.25) is 5.02 Å². The quantitative estimate of drug-likeness (QED) is 0.559. The molecule has 178 valence electrons. The van der Waals surface area contributed by atoms with E-state index in [2.05, 4.69) is 5.32 Å². The molecule has 1 heterocycles. The first-order valence-electron chi connectivity index (χ1n) is 10.7. The van der Waals surface area contributed by atoms with E-state index >= 15 is 0 Å². The van der Waals surface area contributed by atoms with Gasteiger partial charge in [0, 0.05) is 20.2 Å². The Morgan fingerprint density at radius 3 is 2.33 bits per heavy atom. The van der Waals surface area contributed by atoms with Crippen molar-refractivity contribution in [1.82, 2.24) is 4.31 Å². The van der Waals surface area contributed by atoms with E-state index in [1.807, 2.05) is 0 Å². The second-order valence-corrected chi connectivity index (χ2v) is 10.1. The van der Waals surface area contributed by atoms with Gasteiger partial charge in [-0.25, -0.2) is 13.2 Å². The van der Waals surface area contributed by atoms with Gasteiger partial charge >= 0.3 is 5.97 Å². The fraction of sp³-hybridized carbons (Fsp3) is 0.391. The number of esters is 1. The number of carbonyl (C=O) groups excluding carboxylic acids is 2. The van der Waals surface area contributed by atoms with Crippen LogP contribution in [0.5, 0.6) is 0 Å². The van der Waals surface area contributed by atoms with Crippen LogP contribution in [0, 0.1) is 0 Å². The summed E-state index contributed by atoms with van der Waals surface area (Å²) in [6.07, 6.45) is 3.64. The van der Waals surface area contributed by atoms with Gasteiger partial charge in [-0.05, 0) is 48.7 Å². The molecule has 0 atom stereocenters. The summed E-state index contributed by atoms with van der Waals surface area (Å²) in [5.74, 6) is -1.29. The predicted octanol–water partition coefficient (Wildman–Crippen LogP) is 3.85. The van der Waals surface area contributed by atoms with E-state index in [1.54, 1.807) is 31.4 Å². The van der Waals surface area contributed by atoms with Crippen molar-refractivity contribution in [3.8, 4) is 0 Å². The van der Waals surface area contributed by atoms with Crippen LogP contribution in [-0.2, 0) is 30.9 Å². The van der Waals surface area contributed by atoms with Gasteiger partial charge in [0.1, 0.15) is 0 Å². The third-order valence-electron chi connectivity index (χ3n) is 5.25. The van der Waals surface area contributed by atoms with Crippen molar-refractivity contribution in [2.45, 2.75) is 37.2 Å². The number of halogens is 1. The molecule has 1 aliphatic heterocycles. The first-order valence-corrected chi connectivity index (χ1v) is 12.5. The maximum atomic E-state index is 13.0. The number of benzene rings is 2. The molecule has 1 aliphatic rings. The number of methoxy groups -OCH3 is 1. The number of nitrogens with zero attached hydrogens (tertiary/aromatic N) is 1. The van der Waals surface area contributed by atoms with E-state index in [4.69, 9.17) is 21.1 Å². The average Bonchev–Trinajstić information content (AvgIpc) is 3.10. The summed E-state index contributed by atoms with van der Waals surface area (Å²) < 4.78 is 37.6. The smallest absolute Gasteiger partial charge is 0.338 e. The zero-order valence-electron chi connectivity index (χ0n) is 18.4. The Labute approximate surface area is 198 Å². The molecule has 0 saturated carbocycles. The van der Waals surface area contributed by atoms with E-state index in [0.717, 1.165) is 31.2 Å². The number of hydrogen-bond acceptors (Lipinski definition) is 6. The molecule has 0 unspecified atom stereocenters. The number of amides is 1. The lowest BCUT2D eigenvalue weighted by Crippen LogP contribution is -2.32. The average molecular weight is 495 g/mol. The Bertz CT molecular complexity index is 1080. The van der Waals surface area contributed by atoms with Crippen LogP contribution in [-0.4, -0.2) is 51.4 Å². The molecule has 1 saturated heterocycles. The molecule has 33 heavy (non-hydrogen) atoms. The minimum absolute atomic E-state index is 0.0530. The van der Waals surface area contributed by atoms with E-state index in [0.29, 0.717) is 25.3 Å². The van der Waals surface area contributed by atoms with E-state index in [-0.39, 0.29) is 15.6 Å². The Hall–Kier alpha value is -2.46. The number of anilines is 1. The predicted molar refractivity (Wildman–Crippen MR) is 125 cm³/mol. The molecule has 0 radical (unpaired) electrons. The second-order valence-electron chi connectivity index (χ2n) is 7.71. The fourth-order valence-electron chi connectivity index (χ4n) is 3.50. The second kappa shape index (κ2) is 11.6. The summed E-state index contributed by atoms with van der Waals surface area (Å²) in [5, 5.41) is 2.70. The van der Waals surface area contributed by atoms with Gasteiger partial charge in [-0.2, -0.15) is 4.31 Å². The van der Waals surface area contributed by atoms with Crippen LogP contribution in [0.15, 0.2) is 47.4 Å². The summed E-state index contributed by atoms with van der Waals surface area (Å²) in [5.41, 5.74) is 1.33. The summed E-state index contributed by atoms with van der Waals surface area (Å²) in [4.78, 5) is 24.6. The fourth-order valence-corrected chi connectivity index (χ4v) is 5.20. The van der Waals surface area contributed by atoms with Gasteiger partial charge < -0.3 is 14.8 Å². The van der Waals surface area contributed by atoms with Crippen molar-refractivity contribution in [2.75, 3.05) is 32.1 Å².